The minimum absolute atomic E-state index is 0.128. The van der Waals surface area contributed by atoms with Crippen molar-refractivity contribution in [3.63, 3.8) is 0 Å². The number of fused-ring (bicyclic) bond motifs is 1. The summed E-state index contributed by atoms with van der Waals surface area (Å²) in [5.74, 6) is -0.310. The van der Waals surface area contributed by atoms with E-state index in [0.29, 0.717) is 5.58 Å². The lowest BCUT2D eigenvalue weighted by atomic mass is 10.1. The van der Waals surface area contributed by atoms with E-state index in [-0.39, 0.29) is 23.1 Å². The Bertz CT molecular complexity index is 991. The summed E-state index contributed by atoms with van der Waals surface area (Å²) in [6, 6.07) is 17.2. The lowest BCUT2D eigenvalue weighted by Crippen LogP contribution is -2.30. The molecule has 0 fully saturated rings. The van der Waals surface area contributed by atoms with E-state index in [0.717, 1.165) is 29.7 Å². The Hall–Kier alpha value is -3.08. The molecule has 1 aromatic heterocycles. The Morgan fingerprint density at radius 1 is 1.11 bits per heavy atom. The molecule has 0 radical (unpaired) electrons. The molecule has 5 heteroatoms. The molecule has 1 heterocycles. The summed E-state index contributed by atoms with van der Waals surface area (Å²) in [5.41, 5.74) is 2.78. The summed E-state index contributed by atoms with van der Waals surface area (Å²) in [6.45, 7) is 7.91. The van der Waals surface area contributed by atoms with Gasteiger partial charge in [0.05, 0.1) is 6.04 Å². The summed E-state index contributed by atoms with van der Waals surface area (Å²) in [5, 5.41) is 11.9. The lowest BCUT2D eigenvalue weighted by molar-refractivity contribution is 0.0935. The van der Waals surface area contributed by atoms with Gasteiger partial charge in [-0.05, 0) is 44.5 Å². The third-order valence-corrected chi connectivity index (χ3v) is 4.77. The second-order valence-corrected chi connectivity index (χ2v) is 6.49. The maximum atomic E-state index is 12.7. The average molecular weight is 363 g/mol. The Morgan fingerprint density at radius 2 is 1.81 bits per heavy atom. The number of carbonyl (C=O) groups is 1. The second-order valence-electron chi connectivity index (χ2n) is 6.49. The van der Waals surface area contributed by atoms with Gasteiger partial charge in [-0.1, -0.05) is 30.3 Å². The molecule has 0 saturated heterocycles. The summed E-state index contributed by atoms with van der Waals surface area (Å²) >= 11 is 0. The van der Waals surface area contributed by atoms with Crippen LogP contribution >= 0.6 is 0 Å². The van der Waals surface area contributed by atoms with E-state index in [9.17, 15) is 4.79 Å². The van der Waals surface area contributed by atoms with Gasteiger partial charge in [-0.2, -0.15) is 0 Å². The Morgan fingerprint density at radius 3 is 2.48 bits per heavy atom. The van der Waals surface area contributed by atoms with E-state index in [1.54, 1.807) is 6.07 Å². The van der Waals surface area contributed by atoms with Crippen molar-refractivity contribution in [1.29, 1.82) is 5.41 Å². The van der Waals surface area contributed by atoms with E-state index >= 15 is 0 Å². The van der Waals surface area contributed by atoms with Crippen LogP contribution < -0.4 is 15.8 Å². The smallest absolute Gasteiger partial charge is 0.257 e. The van der Waals surface area contributed by atoms with E-state index < -0.39 is 0 Å². The van der Waals surface area contributed by atoms with Crippen molar-refractivity contribution in [3.05, 3.63) is 71.3 Å². The maximum Gasteiger partial charge on any atom is 0.257 e. The molecule has 3 rings (SSSR count). The van der Waals surface area contributed by atoms with Crippen LogP contribution in [0.1, 0.15) is 42.7 Å². The quantitative estimate of drug-likeness (QED) is 0.688. The van der Waals surface area contributed by atoms with Crippen LogP contribution in [0.3, 0.4) is 0 Å². The van der Waals surface area contributed by atoms with Gasteiger partial charge < -0.3 is 14.6 Å². The zero-order chi connectivity index (χ0) is 19.4. The molecule has 140 valence electrons. The molecule has 0 aliphatic carbocycles. The number of hydrogen-bond acceptors (Lipinski definition) is 4. The molecule has 2 aromatic carbocycles. The van der Waals surface area contributed by atoms with E-state index in [1.807, 2.05) is 55.5 Å². The number of hydrogen-bond donors (Lipinski definition) is 2. The minimum Gasteiger partial charge on any atom is -0.438 e. The summed E-state index contributed by atoms with van der Waals surface area (Å²) < 4.78 is 5.66. The van der Waals surface area contributed by atoms with Crippen molar-refractivity contribution in [1.82, 2.24) is 5.32 Å². The zero-order valence-corrected chi connectivity index (χ0v) is 16.0. The molecule has 1 atom stereocenters. The first kappa shape index (κ1) is 18.7. The van der Waals surface area contributed by atoms with Gasteiger partial charge in [-0.15, -0.1) is 0 Å². The van der Waals surface area contributed by atoms with E-state index in [1.165, 1.54) is 0 Å². The number of nitrogens with one attached hydrogen (secondary N) is 2. The van der Waals surface area contributed by atoms with Crippen LogP contribution in [0.2, 0.25) is 0 Å². The first-order valence-electron chi connectivity index (χ1n) is 9.26. The first-order valence-corrected chi connectivity index (χ1v) is 9.26. The second kappa shape index (κ2) is 8.08. The van der Waals surface area contributed by atoms with Crippen LogP contribution in [0.5, 0.6) is 0 Å². The van der Waals surface area contributed by atoms with Crippen LogP contribution in [0.15, 0.2) is 59.0 Å². The number of benzene rings is 2. The lowest BCUT2D eigenvalue weighted by Gasteiger charge is -2.21. The average Bonchev–Trinajstić information content (AvgIpc) is 2.68. The van der Waals surface area contributed by atoms with Gasteiger partial charge in [0.1, 0.15) is 11.1 Å². The van der Waals surface area contributed by atoms with Gasteiger partial charge in [0.2, 0.25) is 5.55 Å². The predicted molar refractivity (Wildman–Crippen MR) is 108 cm³/mol. The van der Waals surface area contributed by atoms with E-state index in [2.05, 4.69) is 24.1 Å². The number of rotatable bonds is 6. The fourth-order valence-corrected chi connectivity index (χ4v) is 3.17. The van der Waals surface area contributed by atoms with Gasteiger partial charge in [0.15, 0.2) is 0 Å². The summed E-state index contributed by atoms with van der Waals surface area (Å²) in [6.07, 6.45) is 0. The fourth-order valence-electron chi connectivity index (χ4n) is 3.17. The van der Waals surface area contributed by atoms with Gasteiger partial charge >= 0.3 is 0 Å². The standard InChI is InChI=1S/C22H25N3O2/c1-4-25(5-2)18-12-11-17-13-19(21(23)27-20(17)14-18)22(26)24-15(3)16-9-7-6-8-10-16/h6-15,23H,4-5H2,1-3H3,(H,24,26). The highest BCUT2D eigenvalue weighted by Gasteiger charge is 2.15. The predicted octanol–water partition coefficient (Wildman–Crippen LogP) is 4.25. The number of anilines is 1. The molecule has 1 amide bonds. The largest absolute Gasteiger partial charge is 0.438 e. The van der Waals surface area contributed by atoms with Crippen molar-refractivity contribution < 1.29 is 9.21 Å². The molecule has 0 bridgehead atoms. The molecule has 0 aliphatic rings. The van der Waals surface area contributed by atoms with Crippen molar-refractivity contribution in [2.24, 2.45) is 0 Å². The van der Waals surface area contributed by atoms with Gasteiger partial charge in [0, 0.05) is 30.2 Å². The third-order valence-electron chi connectivity index (χ3n) is 4.77. The highest BCUT2D eigenvalue weighted by atomic mass is 16.3. The van der Waals surface area contributed by atoms with Crippen molar-refractivity contribution in [2.75, 3.05) is 18.0 Å². The molecule has 2 N–H and O–H groups in total. The zero-order valence-electron chi connectivity index (χ0n) is 16.0. The third kappa shape index (κ3) is 4.03. The van der Waals surface area contributed by atoms with Crippen LogP contribution in [0.25, 0.3) is 11.0 Å². The van der Waals surface area contributed by atoms with Gasteiger partial charge in [-0.3, -0.25) is 10.2 Å². The molecule has 3 aromatic rings. The SMILES string of the molecule is CCN(CC)c1ccc2cc(C(=O)NC(C)c3ccccc3)c(=N)oc2c1. The Kier molecular flexibility index (Phi) is 5.60. The number of carbonyl (C=O) groups excluding carboxylic acids is 1. The molecular weight excluding hydrogens is 338 g/mol. The molecule has 27 heavy (non-hydrogen) atoms. The first-order chi connectivity index (χ1) is 13.0. The van der Waals surface area contributed by atoms with Gasteiger partial charge in [0.25, 0.3) is 5.91 Å². The van der Waals surface area contributed by atoms with Crippen LogP contribution in [-0.2, 0) is 0 Å². The van der Waals surface area contributed by atoms with E-state index in [4.69, 9.17) is 9.83 Å². The van der Waals surface area contributed by atoms with Crippen LogP contribution in [0.4, 0.5) is 5.69 Å². The highest BCUT2D eigenvalue weighted by molar-refractivity contribution is 5.97. The van der Waals surface area contributed by atoms with Crippen molar-refractivity contribution >= 4 is 22.6 Å². The topological polar surface area (TPSA) is 69.3 Å². The molecule has 1 unspecified atom stereocenters. The normalized spacial score (nSPS) is 12.0. The molecule has 0 saturated carbocycles. The van der Waals surface area contributed by atoms with Gasteiger partial charge in [-0.25, -0.2) is 0 Å². The van der Waals surface area contributed by atoms with Crippen molar-refractivity contribution in [2.45, 2.75) is 26.8 Å². The Balaban J connectivity index is 1.88. The van der Waals surface area contributed by atoms with Crippen molar-refractivity contribution in [3.8, 4) is 0 Å². The molecular formula is C22H25N3O2. The summed E-state index contributed by atoms with van der Waals surface area (Å²) in [7, 11) is 0. The molecule has 5 nitrogen and oxygen atoms in total. The summed E-state index contributed by atoms with van der Waals surface area (Å²) in [4.78, 5) is 14.9. The Labute approximate surface area is 159 Å². The van der Waals surface area contributed by atoms with Crippen LogP contribution in [0, 0.1) is 5.41 Å². The number of nitrogens with zero attached hydrogens (tertiary/aromatic N) is 1. The number of amides is 1. The highest BCUT2D eigenvalue weighted by Crippen LogP contribution is 2.22. The van der Waals surface area contributed by atoms with Crippen LogP contribution in [-0.4, -0.2) is 19.0 Å². The molecule has 0 aliphatic heterocycles. The monoisotopic (exact) mass is 363 g/mol. The fraction of sp³-hybridized carbons (Fsp3) is 0.273. The maximum absolute atomic E-state index is 12.7. The minimum atomic E-state index is -0.310. The molecule has 0 spiro atoms.